The fraction of sp³-hybridized carbons (Fsp3) is 0.667. The summed E-state index contributed by atoms with van der Waals surface area (Å²) in [4.78, 5) is 2.52. The molecule has 1 heterocycles. The number of hydrogen-bond acceptors (Lipinski definition) is 3. The van der Waals surface area contributed by atoms with Crippen LogP contribution in [-0.2, 0) is 0 Å². The van der Waals surface area contributed by atoms with E-state index in [1.165, 1.54) is 24.0 Å². The number of methoxy groups -OCH3 is 1. The summed E-state index contributed by atoms with van der Waals surface area (Å²) in [6.07, 6.45) is 2.53. The van der Waals surface area contributed by atoms with Crippen molar-refractivity contribution in [1.29, 1.82) is 0 Å². The molecule has 0 amide bonds. The highest BCUT2D eigenvalue weighted by Crippen LogP contribution is 2.35. The molecule has 0 bridgehead atoms. The molecule has 1 fully saturated rings. The number of aliphatic hydroxyl groups is 1. The van der Waals surface area contributed by atoms with Gasteiger partial charge in [0.05, 0.1) is 7.11 Å². The van der Waals surface area contributed by atoms with Gasteiger partial charge in [0.1, 0.15) is 5.75 Å². The quantitative estimate of drug-likeness (QED) is 0.869. The minimum atomic E-state index is 0.226. The van der Waals surface area contributed by atoms with Crippen LogP contribution in [0.15, 0.2) is 18.2 Å². The second-order valence-electron chi connectivity index (χ2n) is 6.50. The molecule has 0 aromatic heterocycles. The van der Waals surface area contributed by atoms with Gasteiger partial charge < -0.3 is 9.84 Å². The number of benzene rings is 1. The van der Waals surface area contributed by atoms with E-state index in [1.54, 1.807) is 7.11 Å². The van der Waals surface area contributed by atoms with Crippen LogP contribution < -0.4 is 4.74 Å². The Hall–Kier alpha value is -1.06. The summed E-state index contributed by atoms with van der Waals surface area (Å²) in [5.74, 6) is 1.64. The average Bonchev–Trinajstić information content (AvgIpc) is 3.01. The van der Waals surface area contributed by atoms with Crippen LogP contribution in [-0.4, -0.2) is 36.8 Å². The van der Waals surface area contributed by atoms with Crippen LogP contribution in [0.1, 0.15) is 56.7 Å². The maximum Gasteiger partial charge on any atom is 0.122 e. The van der Waals surface area contributed by atoms with Gasteiger partial charge in [0, 0.05) is 12.6 Å². The van der Waals surface area contributed by atoms with E-state index in [9.17, 15) is 5.11 Å². The summed E-state index contributed by atoms with van der Waals surface area (Å²) in [6, 6.07) is 6.83. The van der Waals surface area contributed by atoms with Crippen molar-refractivity contribution in [2.75, 3.05) is 26.8 Å². The smallest absolute Gasteiger partial charge is 0.122 e. The van der Waals surface area contributed by atoms with E-state index in [4.69, 9.17) is 4.74 Å². The number of nitrogens with zero attached hydrogens (tertiary/aromatic N) is 1. The van der Waals surface area contributed by atoms with Crippen LogP contribution in [0.3, 0.4) is 0 Å². The monoisotopic (exact) mass is 291 g/mol. The largest absolute Gasteiger partial charge is 0.496 e. The second-order valence-corrected chi connectivity index (χ2v) is 6.50. The molecule has 1 N–H and O–H groups in total. The number of ether oxygens (including phenoxy) is 1. The zero-order chi connectivity index (χ0) is 15.4. The standard InChI is InChI=1S/C18H29NO2/c1-13(2)16-11-15(7-8-17(16)21-4)18(14(3)12-20)19-9-5-6-10-19/h7-8,11,13-14,18,20H,5-6,9-10,12H2,1-4H3. The van der Waals surface area contributed by atoms with E-state index < -0.39 is 0 Å². The van der Waals surface area contributed by atoms with Crippen molar-refractivity contribution in [3.63, 3.8) is 0 Å². The highest BCUT2D eigenvalue weighted by molar-refractivity contribution is 5.40. The van der Waals surface area contributed by atoms with Gasteiger partial charge in [-0.15, -0.1) is 0 Å². The third kappa shape index (κ3) is 3.58. The second kappa shape index (κ2) is 7.28. The van der Waals surface area contributed by atoms with Crippen LogP contribution in [0.5, 0.6) is 5.75 Å². The molecule has 1 saturated heterocycles. The Kier molecular flexibility index (Phi) is 5.65. The lowest BCUT2D eigenvalue weighted by Crippen LogP contribution is -2.32. The van der Waals surface area contributed by atoms with E-state index in [1.807, 2.05) is 0 Å². The van der Waals surface area contributed by atoms with Crippen LogP contribution in [0.4, 0.5) is 0 Å². The maximum absolute atomic E-state index is 9.65. The Labute approximate surface area is 128 Å². The van der Waals surface area contributed by atoms with Gasteiger partial charge in [-0.1, -0.05) is 32.9 Å². The van der Waals surface area contributed by atoms with Gasteiger partial charge in [-0.05, 0) is 55.0 Å². The average molecular weight is 291 g/mol. The van der Waals surface area contributed by atoms with E-state index >= 15 is 0 Å². The molecule has 21 heavy (non-hydrogen) atoms. The van der Waals surface area contributed by atoms with Gasteiger partial charge >= 0.3 is 0 Å². The van der Waals surface area contributed by atoms with Crippen LogP contribution in [0.25, 0.3) is 0 Å². The fourth-order valence-electron chi connectivity index (χ4n) is 3.41. The van der Waals surface area contributed by atoms with Crippen molar-refractivity contribution in [3.8, 4) is 5.75 Å². The van der Waals surface area contributed by atoms with E-state index in [0.29, 0.717) is 12.0 Å². The molecule has 1 aromatic carbocycles. The minimum Gasteiger partial charge on any atom is -0.496 e. The Morgan fingerprint density at radius 1 is 1.19 bits per heavy atom. The van der Waals surface area contributed by atoms with Crippen molar-refractivity contribution in [2.45, 2.75) is 45.6 Å². The van der Waals surface area contributed by atoms with E-state index in [0.717, 1.165) is 18.8 Å². The number of hydrogen-bond donors (Lipinski definition) is 1. The molecule has 2 atom stereocenters. The molecule has 1 aromatic rings. The lowest BCUT2D eigenvalue weighted by Gasteiger charge is -2.33. The summed E-state index contributed by atoms with van der Waals surface area (Å²) in [5, 5.41) is 9.65. The Bertz CT molecular complexity index is 453. The fourth-order valence-corrected chi connectivity index (χ4v) is 3.41. The van der Waals surface area contributed by atoms with Gasteiger partial charge in [0.2, 0.25) is 0 Å². The van der Waals surface area contributed by atoms with Gasteiger partial charge in [-0.25, -0.2) is 0 Å². The first-order chi connectivity index (χ1) is 10.1. The van der Waals surface area contributed by atoms with Crippen molar-refractivity contribution in [2.24, 2.45) is 5.92 Å². The molecular weight excluding hydrogens is 262 g/mol. The number of aliphatic hydroxyl groups excluding tert-OH is 1. The Morgan fingerprint density at radius 2 is 1.86 bits per heavy atom. The molecule has 3 heteroatoms. The van der Waals surface area contributed by atoms with Crippen molar-refractivity contribution in [3.05, 3.63) is 29.3 Å². The normalized spacial score (nSPS) is 19.0. The third-order valence-corrected chi connectivity index (χ3v) is 4.58. The zero-order valence-corrected chi connectivity index (χ0v) is 13.8. The molecule has 0 saturated carbocycles. The molecule has 0 aliphatic carbocycles. The number of likely N-dealkylation sites (tertiary alicyclic amines) is 1. The minimum absolute atomic E-state index is 0.226. The van der Waals surface area contributed by atoms with Crippen LogP contribution >= 0.6 is 0 Å². The van der Waals surface area contributed by atoms with Gasteiger partial charge in [0.15, 0.2) is 0 Å². The Balaban J connectivity index is 2.37. The highest BCUT2D eigenvalue weighted by atomic mass is 16.5. The molecule has 1 aliphatic rings. The predicted molar refractivity (Wildman–Crippen MR) is 86.9 cm³/mol. The van der Waals surface area contributed by atoms with Crippen molar-refractivity contribution >= 4 is 0 Å². The lowest BCUT2D eigenvalue weighted by molar-refractivity contribution is 0.126. The zero-order valence-electron chi connectivity index (χ0n) is 13.8. The first kappa shape index (κ1) is 16.3. The van der Waals surface area contributed by atoms with Crippen LogP contribution in [0.2, 0.25) is 0 Å². The van der Waals surface area contributed by atoms with Crippen molar-refractivity contribution in [1.82, 2.24) is 4.90 Å². The van der Waals surface area contributed by atoms with Gasteiger partial charge in [-0.3, -0.25) is 4.90 Å². The van der Waals surface area contributed by atoms with Crippen LogP contribution in [0, 0.1) is 5.92 Å². The number of rotatable bonds is 6. The molecule has 0 radical (unpaired) electrons. The SMILES string of the molecule is COc1ccc(C(C(C)CO)N2CCCC2)cc1C(C)C. The van der Waals surface area contributed by atoms with Crippen molar-refractivity contribution < 1.29 is 9.84 Å². The van der Waals surface area contributed by atoms with E-state index in [-0.39, 0.29) is 12.5 Å². The van der Waals surface area contributed by atoms with Gasteiger partial charge in [-0.2, -0.15) is 0 Å². The summed E-state index contributed by atoms with van der Waals surface area (Å²) in [5.41, 5.74) is 2.56. The molecule has 2 rings (SSSR count). The first-order valence-electron chi connectivity index (χ1n) is 8.11. The molecule has 2 unspecified atom stereocenters. The molecule has 118 valence electrons. The molecule has 1 aliphatic heterocycles. The molecular formula is C18H29NO2. The maximum atomic E-state index is 9.65. The predicted octanol–water partition coefficient (Wildman–Crippen LogP) is 3.58. The van der Waals surface area contributed by atoms with Gasteiger partial charge in [0.25, 0.3) is 0 Å². The highest BCUT2D eigenvalue weighted by Gasteiger charge is 2.28. The van der Waals surface area contributed by atoms with E-state index in [2.05, 4.69) is 43.9 Å². The topological polar surface area (TPSA) is 32.7 Å². The third-order valence-electron chi connectivity index (χ3n) is 4.58. The summed E-state index contributed by atoms with van der Waals surface area (Å²) in [7, 11) is 1.73. The summed E-state index contributed by atoms with van der Waals surface area (Å²) in [6.45, 7) is 9.03. The molecule has 0 spiro atoms. The Morgan fingerprint density at radius 3 is 2.38 bits per heavy atom. The summed E-state index contributed by atoms with van der Waals surface area (Å²) < 4.78 is 5.49. The summed E-state index contributed by atoms with van der Waals surface area (Å²) >= 11 is 0. The lowest BCUT2D eigenvalue weighted by atomic mass is 9.90. The molecule has 3 nitrogen and oxygen atoms in total. The first-order valence-corrected chi connectivity index (χ1v) is 8.11.